The van der Waals surface area contributed by atoms with E-state index in [1.165, 1.54) is 20.8 Å². The lowest BCUT2D eigenvalue weighted by molar-refractivity contribution is -0.140. The third-order valence-electron chi connectivity index (χ3n) is 5.20. The molecule has 0 heterocycles. The van der Waals surface area contributed by atoms with Gasteiger partial charge in [0.2, 0.25) is 0 Å². The molecule has 2 rings (SSSR count). The third kappa shape index (κ3) is 6.48. The standard InChI is InChI=1S/C23H23F8NO3S/c1-10-6-12(22(26,27)28)7-11(2)17(10)13-8-14(23(29,30)31)20(25)18(19(13)24)15(9-16(33)34)32-36(35)21(3,4)5/h6-8,15,32H,9H2,1-5H3,(H,33,34)/t15-,36?/m0/s1. The van der Waals surface area contributed by atoms with E-state index in [4.69, 9.17) is 0 Å². The first-order valence-electron chi connectivity index (χ1n) is 10.3. The number of aliphatic carboxylic acids is 1. The molecule has 0 saturated carbocycles. The topological polar surface area (TPSA) is 72.4 Å². The molecule has 2 aromatic rings. The number of carboxylic acid groups (broad SMARTS) is 1. The van der Waals surface area contributed by atoms with Gasteiger partial charge in [0.25, 0.3) is 0 Å². The van der Waals surface area contributed by atoms with E-state index >= 15 is 8.78 Å². The van der Waals surface area contributed by atoms with Crippen molar-refractivity contribution in [1.82, 2.24) is 4.72 Å². The van der Waals surface area contributed by atoms with Crippen molar-refractivity contribution < 1.29 is 49.6 Å². The molecule has 2 N–H and O–H groups in total. The van der Waals surface area contributed by atoms with Gasteiger partial charge in [0.15, 0.2) is 0 Å². The fourth-order valence-corrected chi connectivity index (χ4v) is 4.40. The minimum atomic E-state index is -5.37. The first kappa shape index (κ1) is 29.8. The molecule has 0 fully saturated rings. The van der Waals surface area contributed by atoms with Crippen molar-refractivity contribution >= 4 is 17.3 Å². The lowest BCUT2D eigenvalue weighted by Gasteiger charge is -2.29. The molecule has 2 aromatic carbocycles. The molecule has 0 aliphatic rings. The van der Waals surface area contributed by atoms with Gasteiger partial charge in [0, 0.05) is 22.5 Å². The highest BCUT2D eigenvalue weighted by Gasteiger charge is 2.41. The minimum absolute atomic E-state index is 0.134. The Morgan fingerprint density at radius 3 is 1.86 bits per heavy atom. The van der Waals surface area contributed by atoms with Crippen molar-refractivity contribution in [2.75, 3.05) is 0 Å². The molecule has 0 aliphatic carbocycles. The van der Waals surface area contributed by atoms with Crippen molar-refractivity contribution in [1.29, 1.82) is 0 Å². The Hall–Kier alpha value is -2.38. The van der Waals surface area contributed by atoms with Crippen LogP contribution in [0.1, 0.15) is 61.1 Å². The first-order chi connectivity index (χ1) is 16.2. The first-order valence-corrected chi connectivity index (χ1v) is 11.5. The van der Waals surface area contributed by atoms with E-state index in [1.807, 2.05) is 0 Å². The van der Waals surface area contributed by atoms with Gasteiger partial charge in [-0.2, -0.15) is 26.3 Å². The van der Waals surface area contributed by atoms with Gasteiger partial charge in [-0.3, -0.25) is 4.79 Å². The van der Waals surface area contributed by atoms with Crippen LogP contribution in [0.15, 0.2) is 18.2 Å². The number of hydrogen-bond donors (Lipinski definition) is 2. The molecule has 2 atom stereocenters. The zero-order valence-corrected chi connectivity index (χ0v) is 20.5. The van der Waals surface area contributed by atoms with Gasteiger partial charge < -0.3 is 9.66 Å². The quantitative estimate of drug-likeness (QED) is 0.308. The van der Waals surface area contributed by atoms with Gasteiger partial charge in [0.05, 0.1) is 23.6 Å². The molecule has 4 nitrogen and oxygen atoms in total. The number of hydrogen-bond acceptors (Lipinski definition) is 3. The summed E-state index contributed by atoms with van der Waals surface area (Å²) in [4.78, 5) is 11.4. The normalized spacial score (nSPS) is 14.6. The van der Waals surface area contributed by atoms with Crippen molar-refractivity contribution in [3.8, 4) is 11.1 Å². The fourth-order valence-electron chi connectivity index (χ4n) is 3.59. The van der Waals surface area contributed by atoms with E-state index in [9.17, 15) is 40.8 Å². The SMILES string of the molecule is Cc1cc(C(F)(F)F)cc(C)c1-c1cc(C(F)(F)F)c(F)c([C@H](CC(=O)O)N[S+]([O-])C(C)(C)C)c1F. The van der Waals surface area contributed by atoms with Crippen LogP contribution in [0.25, 0.3) is 11.1 Å². The van der Waals surface area contributed by atoms with Gasteiger partial charge >= 0.3 is 18.3 Å². The summed E-state index contributed by atoms with van der Waals surface area (Å²) in [5.41, 5.74) is -6.11. The number of carboxylic acids is 1. The number of carbonyl (C=O) groups is 1. The van der Waals surface area contributed by atoms with Gasteiger partial charge in [-0.15, -0.1) is 4.72 Å². The number of benzene rings is 2. The number of alkyl halides is 6. The van der Waals surface area contributed by atoms with E-state index < -0.39 is 80.8 Å². The molecule has 200 valence electrons. The summed E-state index contributed by atoms with van der Waals surface area (Å²) in [7, 11) is 0. The van der Waals surface area contributed by atoms with Crippen molar-refractivity contribution in [2.24, 2.45) is 0 Å². The summed E-state index contributed by atoms with van der Waals surface area (Å²) >= 11 is -2.15. The van der Waals surface area contributed by atoms with Crippen LogP contribution < -0.4 is 4.72 Å². The van der Waals surface area contributed by atoms with Crippen LogP contribution >= 0.6 is 0 Å². The molecule has 0 saturated heterocycles. The molecular formula is C23H23F8NO3S. The second-order valence-corrected chi connectivity index (χ2v) is 11.1. The zero-order valence-electron chi connectivity index (χ0n) is 19.7. The lowest BCUT2D eigenvalue weighted by atomic mass is 9.88. The molecule has 0 bridgehead atoms. The second kappa shape index (κ2) is 10.2. The molecule has 1 unspecified atom stereocenters. The Balaban J connectivity index is 2.93. The molecule has 13 heteroatoms. The van der Waals surface area contributed by atoms with E-state index in [2.05, 4.69) is 4.72 Å². The van der Waals surface area contributed by atoms with E-state index in [0.717, 1.165) is 13.8 Å². The Morgan fingerprint density at radius 2 is 1.47 bits per heavy atom. The predicted molar refractivity (Wildman–Crippen MR) is 117 cm³/mol. The highest BCUT2D eigenvalue weighted by molar-refractivity contribution is 7.90. The maximum Gasteiger partial charge on any atom is 0.419 e. The van der Waals surface area contributed by atoms with Crippen LogP contribution in [0.4, 0.5) is 35.1 Å². The van der Waals surface area contributed by atoms with E-state index in [0.29, 0.717) is 12.1 Å². The molecule has 0 spiro atoms. The fraction of sp³-hybridized carbons (Fsp3) is 0.435. The van der Waals surface area contributed by atoms with Crippen molar-refractivity contribution in [3.05, 3.63) is 57.7 Å². The van der Waals surface area contributed by atoms with Crippen LogP contribution in [-0.4, -0.2) is 20.4 Å². The summed E-state index contributed by atoms with van der Waals surface area (Å²) < 4.78 is 125. The Bertz CT molecular complexity index is 1130. The van der Waals surface area contributed by atoms with Gasteiger partial charge in [-0.1, -0.05) is 0 Å². The van der Waals surface area contributed by atoms with Gasteiger partial charge in [0.1, 0.15) is 16.4 Å². The molecule has 36 heavy (non-hydrogen) atoms. The summed E-state index contributed by atoms with van der Waals surface area (Å²) in [6.45, 7) is 6.55. The summed E-state index contributed by atoms with van der Waals surface area (Å²) in [5.74, 6) is -5.38. The van der Waals surface area contributed by atoms with Crippen molar-refractivity contribution in [2.45, 2.75) is 64.2 Å². The minimum Gasteiger partial charge on any atom is -0.598 e. The highest BCUT2D eigenvalue weighted by atomic mass is 32.2. The van der Waals surface area contributed by atoms with Crippen LogP contribution in [-0.2, 0) is 28.5 Å². The van der Waals surface area contributed by atoms with Crippen molar-refractivity contribution in [3.63, 3.8) is 0 Å². The number of aryl methyl sites for hydroxylation is 2. The summed E-state index contributed by atoms with van der Waals surface area (Å²) in [6.07, 6.45) is -11.3. The summed E-state index contributed by atoms with van der Waals surface area (Å²) in [5, 5.41) is 9.24. The average molecular weight is 545 g/mol. The maximum atomic E-state index is 15.8. The number of rotatable bonds is 6. The predicted octanol–water partition coefficient (Wildman–Crippen LogP) is 6.85. The molecule has 0 radical (unpaired) electrons. The lowest BCUT2D eigenvalue weighted by Crippen LogP contribution is -2.42. The number of halogens is 8. The average Bonchev–Trinajstić information content (AvgIpc) is 2.65. The Kier molecular flexibility index (Phi) is 8.43. The van der Waals surface area contributed by atoms with Gasteiger partial charge in [-0.05, 0) is 69.5 Å². The zero-order chi connectivity index (χ0) is 28.0. The second-order valence-electron chi connectivity index (χ2n) is 9.14. The Morgan fingerprint density at radius 1 is 0.972 bits per heavy atom. The Labute approximate surface area is 205 Å². The van der Waals surface area contributed by atoms with Gasteiger partial charge in [-0.25, -0.2) is 8.78 Å². The maximum absolute atomic E-state index is 15.8. The van der Waals surface area contributed by atoms with E-state index in [-0.39, 0.29) is 22.8 Å². The number of nitrogens with one attached hydrogen (secondary N) is 1. The molecule has 0 aliphatic heterocycles. The molecular weight excluding hydrogens is 522 g/mol. The van der Waals surface area contributed by atoms with Crippen LogP contribution in [0.2, 0.25) is 0 Å². The van der Waals surface area contributed by atoms with Crippen LogP contribution in [0.3, 0.4) is 0 Å². The van der Waals surface area contributed by atoms with E-state index in [1.54, 1.807) is 0 Å². The molecule has 0 aromatic heterocycles. The third-order valence-corrected chi connectivity index (χ3v) is 6.81. The highest BCUT2D eigenvalue weighted by Crippen LogP contribution is 2.43. The van der Waals surface area contributed by atoms with Crippen LogP contribution in [0.5, 0.6) is 0 Å². The summed E-state index contributed by atoms with van der Waals surface area (Å²) in [6, 6.07) is -0.645. The van der Waals surface area contributed by atoms with Crippen LogP contribution in [0, 0.1) is 25.5 Å². The smallest absolute Gasteiger partial charge is 0.419 e. The largest absolute Gasteiger partial charge is 0.598 e. The monoisotopic (exact) mass is 545 g/mol. The molecule has 0 amide bonds.